The van der Waals surface area contributed by atoms with Gasteiger partial charge in [-0.25, -0.2) is 0 Å². The van der Waals surface area contributed by atoms with Crippen LogP contribution in [0.5, 0.6) is 0 Å². The summed E-state index contributed by atoms with van der Waals surface area (Å²) in [5, 5.41) is 7.59. The van der Waals surface area contributed by atoms with Crippen molar-refractivity contribution >= 4 is 12.0 Å². The number of rotatable bonds is 5. The van der Waals surface area contributed by atoms with Gasteiger partial charge in [-0.15, -0.1) is 0 Å². The highest BCUT2D eigenvalue weighted by Crippen LogP contribution is 2.31. The minimum absolute atomic E-state index is 0.155. The van der Waals surface area contributed by atoms with Gasteiger partial charge < -0.3 is 15.1 Å². The molecule has 0 saturated heterocycles. The molecule has 78 valence electrons. The van der Waals surface area contributed by atoms with E-state index >= 15 is 0 Å². The highest BCUT2D eigenvalue weighted by atomic mass is 16.4. The van der Waals surface area contributed by atoms with E-state index in [9.17, 15) is 0 Å². The standard InChI is InChI=1S/C9H16N4O/c1-2-3-6-13(7-4-5-7)9-12-11-8(10)14-9/h7H,2-6H2,1H3,(H2,10,11). The largest absolute Gasteiger partial charge is 0.390 e. The first-order valence-electron chi connectivity index (χ1n) is 5.17. The fourth-order valence-corrected chi connectivity index (χ4v) is 1.49. The molecule has 2 rings (SSSR count). The lowest BCUT2D eigenvalue weighted by Crippen LogP contribution is -2.27. The molecule has 2 N–H and O–H groups in total. The smallest absolute Gasteiger partial charge is 0.319 e. The van der Waals surface area contributed by atoms with Gasteiger partial charge in [-0.3, -0.25) is 0 Å². The zero-order valence-corrected chi connectivity index (χ0v) is 8.44. The fourth-order valence-electron chi connectivity index (χ4n) is 1.49. The van der Waals surface area contributed by atoms with Gasteiger partial charge in [0.2, 0.25) is 0 Å². The Morgan fingerprint density at radius 2 is 2.29 bits per heavy atom. The van der Waals surface area contributed by atoms with E-state index in [1.807, 2.05) is 0 Å². The first kappa shape index (κ1) is 9.30. The molecule has 0 spiro atoms. The van der Waals surface area contributed by atoms with Gasteiger partial charge in [-0.2, -0.15) is 0 Å². The van der Waals surface area contributed by atoms with E-state index in [0.29, 0.717) is 12.1 Å². The van der Waals surface area contributed by atoms with Crippen molar-refractivity contribution in [2.24, 2.45) is 0 Å². The summed E-state index contributed by atoms with van der Waals surface area (Å²) in [7, 11) is 0. The Bertz CT molecular complexity index is 295. The molecule has 0 bridgehead atoms. The summed E-state index contributed by atoms with van der Waals surface area (Å²) in [5.74, 6) is 0. The van der Waals surface area contributed by atoms with Gasteiger partial charge in [-0.1, -0.05) is 23.5 Å². The summed E-state index contributed by atoms with van der Waals surface area (Å²) < 4.78 is 5.23. The van der Waals surface area contributed by atoms with Gasteiger partial charge in [0.1, 0.15) is 0 Å². The third-order valence-corrected chi connectivity index (χ3v) is 2.42. The highest BCUT2D eigenvalue weighted by molar-refractivity contribution is 5.31. The number of nitrogen functional groups attached to an aromatic ring is 1. The van der Waals surface area contributed by atoms with E-state index in [0.717, 1.165) is 13.0 Å². The second-order valence-electron chi connectivity index (χ2n) is 3.70. The second-order valence-corrected chi connectivity index (χ2v) is 3.70. The monoisotopic (exact) mass is 196 g/mol. The van der Waals surface area contributed by atoms with E-state index in [-0.39, 0.29) is 6.01 Å². The van der Waals surface area contributed by atoms with Crippen molar-refractivity contribution in [1.29, 1.82) is 0 Å². The van der Waals surface area contributed by atoms with Gasteiger partial charge in [-0.05, 0) is 19.3 Å². The van der Waals surface area contributed by atoms with E-state index < -0.39 is 0 Å². The summed E-state index contributed by atoms with van der Waals surface area (Å²) in [4.78, 5) is 2.17. The molecule has 1 fully saturated rings. The number of anilines is 2. The third kappa shape index (κ3) is 1.97. The summed E-state index contributed by atoms with van der Waals surface area (Å²) in [6.07, 6.45) is 4.78. The molecule has 14 heavy (non-hydrogen) atoms. The average molecular weight is 196 g/mol. The average Bonchev–Trinajstić information content (AvgIpc) is 2.91. The molecular formula is C9H16N4O. The second kappa shape index (κ2) is 3.86. The molecule has 1 aromatic rings. The Morgan fingerprint density at radius 1 is 1.50 bits per heavy atom. The number of nitrogens with two attached hydrogens (primary N) is 1. The molecule has 1 heterocycles. The maximum atomic E-state index is 5.40. The molecule has 1 aromatic heterocycles. The summed E-state index contributed by atoms with van der Waals surface area (Å²) in [6, 6.07) is 1.34. The van der Waals surface area contributed by atoms with Crippen LogP contribution in [0.15, 0.2) is 4.42 Å². The van der Waals surface area contributed by atoms with Crippen molar-refractivity contribution in [3.63, 3.8) is 0 Å². The van der Waals surface area contributed by atoms with Gasteiger partial charge >= 0.3 is 12.0 Å². The summed E-state index contributed by atoms with van der Waals surface area (Å²) in [5.41, 5.74) is 5.40. The molecule has 1 aliphatic rings. The molecule has 0 atom stereocenters. The number of unbranched alkanes of at least 4 members (excludes halogenated alkanes) is 1. The van der Waals surface area contributed by atoms with Crippen molar-refractivity contribution in [1.82, 2.24) is 10.2 Å². The van der Waals surface area contributed by atoms with Crippen LogP contribution in [0.2, 0.25) is 0 Å². The molecule has 5 heteroatoms. The predicted octanol–water partition coefficient (Wildman–Crippen LogP) is 1.42. The minimum Gasteiger partial charge on any atom is -0.390 e. The van der Waals surface area contributed by atoms with Gasteiger partial charge in [0, 0.05) is 12.6 Å². The minimum atomic E-state index is 0.155. The summed E-state index contributed by atoms with van der Waals surface area (Å²) >= 11 is 0. The molecule has 0 amide bonds. The zero-order valence-electron chi connectivity index (χ0n) is 8.44. The molecule has 5 nitrogen and oxygen atoms in total. The van der Waals surface area contributed by atoms with E-state index in [4.69, 9.17) is 10.2 Å². The quantitative estimate of drug-likeness (QED) is 0.771. The molecular weight excluding hydrogens is 180 g/mol. The van der Waals surface area contributed by atoms with Crippen LogP contribution < -0.4 is 10.6 Å². The van der Waals surface area contributed by atoms with Crippen LogP contribution in [-0.2, 0) is 0 Å². The van der Waals surface area contributed by atoms with Crippen LogP contribution in [0.3, 0.4) is 0 Å². The first-order valence-corrected chi connectivity index (χ1v) is 5.17. The number of hydrogen-bond donors (Lipinski definition) is 1. The van der Waals surface area contributed by atoms with E-state index in [1.54, 1.807) is 0 Å². The normalized spacial score (nSPS) is 15.8. The highest BCUT2D eigenvalue weighted by Gasteiger charge is 2.31. The van der Waals surface area contributed by atoms with E-state index in [2.05, 4.69) is 22.0 Å². The maximum Gasteiger partial charge on any atom is 0.319 e. The number of nitrogens with zero attached hydrogens (tertiary/aromatic N) is 3. The molecule has 0 aromatic carbocycles. The Kier molecular flexibility index (Phi) is 2.56. The van der Waals surface area contributed by atoms with Crippen LogP contribution in [-0.4, -0.2) is 22.8 Å². The SMILES string of the molecule is CCCCN(c1nnc(N)o1)C1CC1. The van der Waals surface area contributed by atoms with Gasteiger partial charge in [0.15, 0.2) is 0 Å². The van der Waals surface area contributed by atoms with Crippen molar-refractivity contribution in [2.75, 3.05) is 17.2 Å². The lowest BCUT2D eigenvalue weighted by Gasteiger charge is -2.18. The van der Waals surface area contributed by atoms with Crippen molar-refractivity contribution in [3.05, 3.63) is 0 Å². The Labute approximate surface area is 83.3 Å². The van der Waals surface area contributed by atoms with Gasteiger partial charge in [0.05, 0.1) is 0 Å². The van der Waals surface area contributed by atoms with Crippen LogP contribution in [0.25, 0.3) is 0 Å². The van der Waals surface area contributed by atoms with Crippen molar-refractivity contribution in [3.8, 4) is 0 Å². The molecule has 1 aliphatic carbocycles. The van der Waals surface area contributed by atoms with E-state index in [1.165, 1.54) is 19.3 Å². The Morgan fingerprint density at radius 3 is 2.79 bits per heavy atom. The molecule has 0 unspecified atom stereocenters. The Balaban J connectivity index is 2.02. The molecule has 0 radical (unpaired) electrons. The third-order valence-electron chi connectivity index (χ3n) is 2.42. The van der Waals surface area contributed by atoms with Crippen molar-refractivity contribution in [2.45, 2.75) is 38.6 Å². The van der Waals surface area contributed by atoms with Crippen LogP contribution in [0.1, 0.15) is 32.6 Å². The molecule has 0 aliphatic heterocycles. The summed E-state index contributed by atoms with van der Waals surface area (Å²) in [6.45, 7) is 3.16. The van der Waals surface area contributed by atoms with Crippen LogP contribution in [0, 0.1) is 0 Å². The topological polar surface area (TPSA) is 68.2 Å². The molecule has 1 saturated carbocycles. The fraction of sp³-hybridized carbons (Fsp3) is 0.778. The van der Waals surface area contributed by atoms with Crippen LogP contribution >= 0.6 is 0 Å². The van der Waals surface area contributed by atoms with Crippen LogP contribution in [0.4, 0.5) is 12.0 Å². The lowest BCUT2D eigenvalue weighted by molar-refractivity contribution is 0.537. The lowest BCUT2D eigenvalue weighted by atomic mass is 10.3. The van der Waals surface area contributed by atoms with Crippen molar-refractivity contribution < 1.29 is 4.42 Å². The number of aromatic nitrogens is 2. The zero-order chi connectivity index (χ0) is 9.97. The van der Waals surface area contributed by atoms with Gasteiger partial charge in [0.25, 0.3) is 0 Å². The predicted molar refractivity (Wildman–Crippen MR) is 54.0 cm³/mol. The number of hydrogen-bond acceptors (Lipinski definition) is 5. The first-order chi connectivity index (χ1) is 6.81. The maximum absolute atomic E-state index is 5.40. The Hall–Kier alpha value is -1.26.